The van der Waals surface area contributed by atoms with Gasteiger partial charge in [0.25, 0.3) is 5.69 Å². The maximum Gasteiger partial charge on any atom is 0.269 e. The zero-order valence-electron chi connectivity index (χ0n) is 13.4. The second-order valence-corrected chi connectivity index (χ2v) is 6.85. The maximum absolute atomic E-state index is 10.7. The first kappa shape index (κ1) is 16.2. The van der Waals surface area contributed by atoms with E-state index in [1.807, 2.05) is 12.1 Å². The quantitative estimate of drug-likeness (QED) is 0.644. The SMILES string of the molecule is O=[N+]([O-])c1ccc(N2CCC(NCC3(O)CCCC3)CC2)cc1. The molecule has 2 N–H and O–H groups in total. The molecule has 0 bridgehead atoms. The number of aliphatic hydroxyl groups is 1. The van der Waals surface area contributed by atoms with Crippen LogP contribution in [0, 0.1) is 10.1 Å². The van der Waals surface area contributed by atoms with Crippen LogP contribution in [0.25, 0.3) is 0 Å². The Balaban J connectivity index is 1.47. The molecule has 2 fully saturated rings. The van der Waals surface area contributed by atoms with E-state index in [0.29, 0.717) is 12.6 Å². The number of non-ortho nitro benzene ring substituents is 1. The molecular weight excluding hydrogens is 294 g/mol. The first-order valence-electron chi connectivity index (χ1n) is 8.51. The fourth-order valence-electron chi connectivity index (χ4n) is 3.67. The Morgan fingerprint density at radius 3 is 2.39 bits per heavy atom. The molecule has 1 heterocycles. The van der Waals surface area contributed by atoms with Crippen LogP contribution in [0.4, 0.5) is 11.4 Å². The van der Waals surface area contributed by atoms with Crippen molar-refractivity contribution in [3.8, 4) is 0 Å². The summed E-state index contributed by atoms with van der Waals surface area (Å²) >= 11 is 0. The van der Waals surface area contributed by atoms with E-state index in [1.54, 1.807) is 12.1 Å². The molecule has 23 heavy (non-hydrogen) atoms. The Kier molecular flexibility index (Phi) is 4.82. The number of nitro groups is 1. The smallest absolute Gasteiger partial charge is 0.269 e. The van der Waals surface area contributed by atoms with Crippen LogP contribution in [0.2, 0.25) is 0 Å². The van der Waals surface area contributed by atoms with Gasteiger partial charge in [0.1, 0.15) is 0 Å². The predicted molar refractivity (Wildman–Crippen MR) is 89.8 cm³/mol. The van der Waals surface area contributed by atoms with Crippen molar-refractivity contribution in [2.75, 3.05) is 24.5 Å². The lowest BCUT2D eigenvalue weighted by Gasteiger charge is -2.35. The Bertz CT molecular complexity index is 533. The van der Waals surface area contributed by atoms with Gasteiger partial charge in [0, 0.05) is 43.5 Å². The van der Waals surface area contributed by atoms with Crippen molar-refractivity contribution in [1.82, 2.24) is 5.32 Å². The highest BCUT2D eigenvalue weighted by Gasteiger charge is 2.31. The second-order valence-electron chi connectivity index (χ2n) is 6.85. The fraction of sp³-hybridized carbons (Fsp3) is 0.647. The lowest BCUT2D eigenvalue weighted by Crippen LogP contribution is -2.47. The highest BCUT2D eigenvalue weighted by Crippen LogP contribution is 2.29. The van der Waals surface area contributed by atoms with E-state index in [1.165, 1.54) is 0 Å². The highest BCUT2D eigenvalue weighted by atomic mass is 16.6. The van der Waals surface area contributed by atoms with Gasteiger partial charge >= 0.3 is 0 Å². The van der Waals surface area contributed by atoms with E-state index in [-0.39, 0.29) is 10.6 Å². The highest BCUT2D eigenvalue weighted by molar-refractivity contribution is 5.51. The Morgan fingerprint density at radius 1 is 1.22 bits per heavy atom. The van der Waals surface area contributed by atoms with Gasteiger partial charge in [-0.3, -0.25) is 10.1 Å². The molecule has 1 aromatic rings. The lowest BCUT2D eigenvalue weighted by atomic mass is 9.99. The molecule has 1 aromatic carbocycles. The minimum atomic E-state index is -0.491. The molecule has 1 aliphatic carbocycles. The van der Waals surface area contributed by atoms with Crippen molar-refractivity contribution in [3.63, 3.8) is 0 Å². The van der Waals surface area contributed by atoms with Gasteiger partial charge in [0.05, 0.1) is 10.5 Å². The number of nitro benzene ring substituents is 1. The molecule has 1 saturated carbocycles. The van der Waals surface area contributed by atoms with Gasteiger partial charge in [-0.05, 0) is 37.8 Å². The van der Waals surface area contributed by atoms with Crippen molar-refractivity contribution >= 4 is 11.4 Å². The number of anilines is 1. The van der Waals surface area contributed by atoms with E-state index in [0.717, 1.165) is 57.3 Å². The summed E-state index contributed by atoms with van der Waals surface area (Å²) in [6.45, 7) is 2.58. The molecule has 6 heteroatoms. The fourth-order valence-corrected chi connectivity index (χ4v) is 3.67. The predicted octanol–water partition coefficient (Wildman–Crippen LogP) is 2.46. The largest absolute Gasteiger partial charge is 0.389 e. The molecule has 6 nitrogen and oxygen atoms in total. The number of nitrogens with one attached hydrogen (secondary N) is 1. The standard InChI is InChI=1S/C17H25N3O3/c21-17(9-1-2-10-17)13-18-14-7-11-19(12-8-14)15-3-5-16(6-4-15)20(22)23/h3-6,14,18,21H,1-2,7-13H2. The summed E-state index contributed by atoms with van der Waals surface area (Å²) in [6, 6.07) is 7.24. The number of piperidine rings is 1. The summed E-state index contributed by atoms with van der Waals surface area (Å²) < 4.78 is 0. The molecule has 0 radical (unpaired) electrons. The van der Waals surface area contributed by atoms with Gasteiger partial charge < -0.3 is 15.3 Å². The van der Waals surface area contributed by atoms with Gasteiger partial charge in [0.2, 0.25) is 0 Å². The summed E-state index contributed by atoms with van der Waals surface area (Å²) in [7, 11) is 0. The first-order valence-corrected chi connectivity index (χ1v) is 8.51. The van der Waals surface area contributed by atoms with Crippen LogP contribution < -0.4 is 10.2 Å². The van der Waals surface area contributed by atoms with Crippen LogP contribution in [-0.2, 0) is 0 Å². The summed E-state index contributed by atoms with van der Waals surface area (Å²) in [5.41, 5.74) is 0.689. The third kappa shape index (κ3) is 4.00. The number of rotatable bonds is 5. The zero-order valence-corrected chi connectivity index (χ0v) is 13.4. The maximum atomic E-state index is 10.7. The number of hydrogen-bond acceptors (Lipinski definition) is 5. The minimum Gasteiger partial charge on any atom is -0.389 e. The van der Waals surface area contributed by atoms with Gasteiger partial charge in [-0.1, -0.05) is 12.8 Å². The molecule has 0 spiro atoms. The second kappa shape index (κ2) is 6.84. The molecular formula is C17H25N3O3. The Morgan fingerprint density at radius 2 is 1.83 bits per heavy atom. The number of nitrogens with zero attached hydrogens (tertiary/aromatic N) is 2. The van der Waals surface area contributed by atoms with Gasteiger partial charge in [-0.15, -0.1) is 0 Å². The first-order chi connectivity index (χ1) is 11.1. The number of hydrogen-bond donors (Lipinski definition) is 2. The summed E-state index contributed by atoms with van der Waals surface area (Å²) in [5, 5.41) is 24.6. The summed E-state index contributed by atoms with van der Waals surface area (Å²) in [4.78, 5) is 12.6. The van der Waals surface area contributed by atoms with Crippen molar-refractivity contribution in [3.05, 3.63) is 34.4 Å². The van der Waals surface area contributed by atoms with Crippen LogP contribution in [-0.4, -0.2) is 41.3 Å². The molecule has 0 amide bonds. The van der Waals surface area contributed by atoms with E-state index in [2.05, 4.69) is 10.2 Å². The number of benzene rings is 1. The zero-order chi connectivity index (χ0) is 16.3. The summed E-state index contributed by atoms with van der Waals surface area (Å²) in [6.07, 6.45) is 6.18. The summed E-state index contributed by atoms with van der Waals surface area (Å²) in [5.74, 6) is 0. The topological polar surface area (TPSA) is 78.6 Å². The average Bonchev–Trinajstić information content (AvgIpc) is 3.01. The molecule has 0 unspecified atom stereocenters. The van der Waals surface area contributed by atoms with Crippen LogP contribution >= 0.6 is 0 Å². The molecule has 1 saturated heterocycles. The van der Waals surface area contributed by atoms with Crippen molar-refractivity contribution in [1.29, 1.82) is 0 Å². The van der Waals surface area contributed by atoms with E-state index >= 15 is 0 Å². The molecule has 3 rings (SSSR count). The van der Waals surface area contributed by atoms with Crippen LogP contribution in [0.3, 0.4) is 0 Å². The van der Waals surface area contributed by atoms with Crippen LogP contribution in [0.1, 0.15) is 38.5 Å². The minimum absolute atomic E-state index is 0.134. The van der Waals surface area contributed by atoms with E-state index in [4.69, 9.17) is 0 Å². The van der Waals surface area contributed by atoms with E-state index in [9.17, 15) is 15.2 Å². The average molecular weight is 319 g/mol. The third-order valence-corrected chi connectivity index (χ3v) is 5.17. The van der Waals surface area contributed by atoms with Crippen molar-refractivity contribution in [2.24, 2.45) is 0 Å². The van der Waals surface area contributed by atoms with Gasteiger partial charge in [-0.2, -0.15) is 0 Å². The monoisotopic (exact) mass is 319 g/mol. The Hall–Kier alpha value is -1.66. The van der Waals surface area contributed by atoms with Gasteiger partial charge in [0.15, 0.2) is 0 Å². The van der Waals surface area contributed by atoms with Gasteiger partial charge in [-0.25, -0.2) is 0 Å². The molecule has 126 valence electrons. The van der Waals surface area contributed by atoms with Crippen LogP contribution in [0.5, 0.6) is 0 Å². The molecule has 0 atom stereocenters. The van der Waals surface area contributed by atoms with Crippen molar-refractivity contribution in [2.45, 2.75) is 50.2 Å². The molecule has 0 aromatic heterocycles. The van der Waals surface area contributed by atoms with E-state index < -0.39 is 5.60 Å². The Labute approximate surface area is 136 Å². The molecule has 1 aliphatic heterocycles. The van der Waals surface area contributed by atoms with Crippen LogP contribution in [0.15, 0.2) is 24.3 Å². The molecule has 2 aliphatic rings. The lowest BCUT2D eigenvalue weighted by molar-refractivity contribution is -0.384. The third-order valence-electron chi connectivity index (χ3n) is 5.17. The van der Waals surface area contributed by atoms with Crippen molar-refractivity contribution < 1.29 is 10.0 Å². The normalized spacial score (nSPS) is 21.5.